The highest BCUT2D eigenvalue weighted by molar-refractivity contribution is 8.01. The van der Waals surface area contributed by atoms with Crippen LogP contribution in [0.3, 0.4) is 0 Å². The van der Waals surface area contributed by atoms with Crippen molar-refractivity contribution >= 4 is 62.6 Å². The zero-order valence-corrected chi connectivity index (χ0v) is 25.0. The first-order valence-corrected chi connectivity index (χ1v) is 16.3. The van der Waals surface area contributed by atoms with Gasteiger partial charge in [-0.1, -0.05) is 72.1 Å². The smallest absolute Gasteiger partial charge is 0.234 e. The van der Waals surface area contributed by atoms with Crippen LogP contribution in [0.5, 0.6) is 0 Å². The number of nitrogens with zero attached hydrogens (tertiary/aromatic N) is 4. The summed E-state index contributed by atoms with van der Waals surface area (Å²) < 4.78 is 9.28. The number of carbonyl (C=O) groups excluding carboxylic acids is 2. The first-order valence-electron chi connectivity index (χ1n) is 13.5. The molecule has 12 heteroatoms. The van der Waals surface area contributed by atoms with Gasteiger partial charge < -0.3 is 15.4 Å². The molecule has 2 amide bonds. The molecule has 2 N–H and O–H groups in total. The Morgan fingerprint density at radius 2 is 1.74 bits per heavy atom. The second-order valence-electron chi connectivity index (χ2n) is 9.57. The Bertz CT molecular complexity index is 1670. The van der Waals surface area contributed by atoms with E-state index in [1.54, 1.807) is 0 Å². The number of thioether (sulfide) groups is 2. The van der Waals surface area contributed by atoms with Crippen molar-refractivity contribution in [1.29, 1.82) is 0 Å². The predicted octanol–water partition coefficient (Wildman–Crippen LogP) is 5.66. The Kier molecular flexibility index (Phi) is 9.14. The molecule has 1 fully saturated rings. The summed E-state index contributed by atoms with van der Waals surface area (Å²) in [7, 11) is 0. The number of aromatic nitrogens is 4. The van der Waals surface area contributed by atoms with Gasteiger partial charge in [-0.2, -0.15) is 0 Å². The predicted molar refractivity (Wildman–Crippen MR) is 168 cm³/mol. The highest BCUT2D eigenvalue weighted by atomic mass is 32.2. The van der Waals surface area contributed by atoms with Crippen molar-refractivity contribution in [3.05, 3.63) is 78.9 Å². The molecule has 0 radical (unpaired) electrons. The van der Waals surface area contributed by atoms with Crippen LogP contribution in [0, 0.1) is 0 Å². The number of fused-ring (bicyclic) bond motifs is 1. The van der Waals surface area contributed by atoms with Crippen molar-refractivity contribution in [2.24, 2.45) is 0 Å². The number of rotatable bonds is 11. The highest BCUT2D eigenvalue weighted by Gasteiger charge is 2.18. The van der Waals surface area contributed by atoms with E-state index in [1.807, 2.05) is 83.4 Å². The van der Waals surface area contributed by atoms with E-state index in [4.69, 9.17) is 4.74 Å². The van der Waals surface area contributed by atoms with Crippen molar-refractivity contribution in [3.63, 3.8) is 0 Å². The fraction of sp³-hybridized carbons (Fsp3) is 0.233. The molecule has 3 heterocycles. The molecule has 0 bridgehead atoms. The summed E-state index contributed by atoms with van der Waals surface area (Å²) in [5, 5.41) is 15.4. The maximum Gasteiger partial charge on any atom is 0.234 e. The third kappa shape index (κ3) is 7.01. The summed E-state index contributed by atoms with van der Waals surface area (Å²) >= 11 is 4.25. The van der Waals surface area contributed by atoms with Gasteiger partial charge in [0, 0.05) is 30.1 Å². The molecule has 214 valence electrons. The third-order valence-electron chi connectivity index (χ3n) is 6.54. The average molecular weight is 617 g/mol. The Balaban J connectivity index is 1.07. The van der Waals surface area contributed by atoms with E-state index >= 15 is 0 Å². The largest absolute Gasteiger partial charge is 0.376 e. The number of benzene rings is 3. The van der Waals surface area contributed by atoms with Gasteiger partial charge in [0.15, 0.2) is 15.3 Å². The first-order chi connectivity index (χ1) is 20.6. The maximum atomic E-state index is 12.9. The number of hydrogen-bond donors (Lipinski definition) is 2. The molecule has 0 spiro atoms. The minimum Gasteiger partial charge on any atom is -0.376 e. The monoisotopic (exact) mass is 616 g/mol. The van der Waals surface area contributed by atoms with E-state index in [0.29, 0.717) is 29.0 Å². The molecule has 1 aliphatic rings. The molecule has 0 aliphatic carbocycles. The lowest BCUT2D eigenvalue weighted by atomic mass is 10.2. The van der Waals surface area contributed by atoms with Gasteiger partial charge in [0.05, 0.1) is 27.8 Å². The van der Waals surface area contributed by atoms with Gasteiger partial charge in [-0.15, -0.1) is 21.5 Å². The summed E-state index contributed by atoms with van der Waals surface area (Å²) in [5.41, 5.74) is 3.39. The van der Waals surface area contributed by atoms with Crippen LogP contribution in [0.4, 0.5) is 5.69 Å². The van der Waals surface area contributed by atoms with Gasteiger partial charge in [-0.05, 0) is 43.2 Å². The molecule has 1 saturated heterocycles. The van der Waals surface area contributed by atoms with Gasteiger partial charge in [0.1, 0.15) is 0 Å². The molecule has 0 saturated carbocycles. The van der Waals surface area contributed by atoms with E-state index < -0.39 is 0 Å². The van der Waals surface area contributed by atoms with Gasteiger partial charge in [0.25, 0.3) is 0 Å². The number of para-hydroxylation sites is 1. The second-order valence-corrected chi connectivity index (χ2v) is 12.8. The second kappa shape index (κ2) is 13.5. The lowest BCUT2D eigenvalue weighted by molar-refractivity contribution is -0.119. The molecule has 3 aromatic carbocycles. The van der Waals surface area contributed by atoms with E-state index in [9.17, 15) is 9.59 Å². The van der Waals surface area contributed by atoms with Crippen LogP contribution >= 0.6 is 34.9 Å². The zero-order chi connectivity index (χ0) is 28.7. The van der Waals surface area contributed by atoms with Crippen molar-refractivity contribution < 1.29 is 14.3 Å². The molecule has 2 aromatic heterocycles. The van der Waals surface area contributed by atoms with Crippen molar-refractivity contribution in [3.8, 4) is 17.1 Å². The van der Waals surface area contributed by atoms with Crippen molar-refractivity contribution in [2.45, 2.75) is 28.4 Å². The minimum atomic E-state index is -0.148. The standard InChI is InChI=1S/C30H28N6O3S3/c37-26(31-17-23-12-7-15-39-23)18-41-30-33-24-14-13-21(16-25(24)42-30)32-27(38)19-40-29-35-34-28(20-8-3-1-4-9-20)36(29)22-10-5-2-6-11-22/h1-6,8-11,13-14,16,23H,7,12,15,17-19H2,(H,31,37)(H,32,38). The number of hydrogen-bond acceptors (Lipinski definition) is 9. The molecule has 42 heavy (non-hydrogen) atoms. The van der Waals surface area contributed by atoms with Crippen molar-refractivity contribution in [2.75, 3.05) is 30.0 Å². The van der Waals surface area contributed by atoms with Gasteiger partial charge in [-0.3, -0.25) is 14.2 Å². The third-order valence-corrected chi connectivity index (χ3v) is 9.63. The van der Waals surface area contributed by atoms with Gasteiger partial charge >= 0.3 is 0 Å². The van der Waals surface area contributed by atoms with E-state index in [2.05, 4.69) is 25.8 Å². The first kappa shape index (κ1) is 28.4. The summed E-state index contributed by atoms with van der Waals surface area (Å²) in [6.45, 7) is 1.33. The Labute approximate surface area is 255 Å². The molecular formula is C30H28N6O3S3. The van der Waals surface area contributed by atoms with Crippen LogP contribution in [0.2, 0.25) is 0 Å². The highest BCUT2D eigenvalue weighted by Crippen LogP contribution is 2.32. The molecule has 5 aromatic rings. The van der Waals surface area contributed by atoms with Crippen LogP contribution in [0.1, 0.15) is 12.8 Å². The van der Waals surface area contributed by atoms with E-state index in [1.165, 1.54) is 34.9 Å². The van der Waals surface area contributed by atoms with Gasteiger partial charge in [-0.25, -0.2) is 4.98 Å². The van der Waals surface area contributed by atoms with Crippen LogP contribution in [-0.4, -0.2) is 62.3 Å². The molecule has 1 atom stereocenters. The topological polar surface area (TPSA) is 111 Å². The minimum absolute atomic E-state index is 0.0285. The number of amides is 2. The van der Waals surface area contributed by atoms with Crippen molar-refractivity contribution in [1.82, 2.24) is 25.1 Å². The lowest BCUT2D eigenvalue weighted by Gasteiger charge is -2.10. The quantitative estimate of drug-likeness (QED) is 0.183. The number of anilines is 1. The molecule has 1 unspecified atom stereocenters. The molecule has 6 rings (SSSR count). The van der Waals surface area contributed by atoms with Crippen LogP contribution in [0.15, 0.2) is 88.4 Å². The lowest BCUT2D eigenvalue weighted by Crippen LogP contribution is -2.32. The maximum absolute atomic E-state index is 12.9. The normalized spacial score (nSPS) is 14.7. The number of nitrogens with one attached hydrogen (secondary N) is 2. The SMILES string of the molecule is O=C(CSc1nc2ccc(NC(=O)CSc3nnc(-c4ccccc4)n3-c3ccccc3)cc2s1)NCC1CCCO1. The van der Waals surface area contributed by atoms with E-state index in [0.717, 1.165) is 45.3 Å². The summed E-state index contributed by atoms with van der Waals surface area (Å²) in [5.74, 6) is 1.01. The number of carbonyl (C=O) groups is 2. The molecule has 1 aliphatic heterocycles. The molecule has 9 nitrogen and oxygen atoms in total. The average Bonchev–Trinajstić information content (AvgIpc) is 3.78. The Morgan fingerprint density at radius 1 is 0.952 bits per heavy atom. The fourth-order valence-corrected chi connectivity index (χ4v) is 7.22. The van der Waals surface area contributed by atoms with Crippen LogP contribution in [0.25, 0.3) is 27.3 Å². The van der Waals surface area contributed by atoms with Crippen LogP contribution < -0.4 is 10.6 Å². The fourth-order valence-electron chi connectivity index (χ4n) is 4.53. The Hall–Kier alpha value is -3.71. The van der Waals surface area contributed by atoms with E-state index in [-0.39, 0.29) is 23.7 Å². The number of thiazole rings is 1. The Morgan fingerprint density at radius 3 is 2.52 bits per heavy atom. The van der Waals surface area contributed by atoms with Gasteiger partial charge in [0.2, 0.25) is 11.8 Å². The summed E-state index contributed by atoms with van der Waals surface area (Å²) in [4.78, 5) is 29.8. The van der Waals surface area contributed by atoms with Crippen LogP contribution in [-0.2, 0) is 14.3 Å². The number of ether oxygens (including phenoxy) is 1. The zero-order valence-electron chi connectivity index (χ0n) is 22.6. The molecular weight excluding hydrogens is 589 g/mol. The summed E-state index contributed by atoms with van der Waals surface area (Å²) in [6.07, 6.45) is 2.17. The summed E-state index contributed by atoms with van der Waals surface area (Å²) in [6, 6.07) is 25.4.